The van der Waals surface area contributed by atoms with Crippen molar-refractivity contribution in [1.82, 2.24) is 4.31 Å². The molecule has 1 heterocycles. The molecule has 1 aromatic carbocycles. The number of non-ortho nitro benzene ring substituents is 1. The fourth-order valence-electron chi connectivity index (χ4n) is 1.74. The predicted octanol–water partition coefficient (Wildman–Crippen LogP) is 1.35. The van der Waals surface area contributed by atoms with Crippen LogP contribution in [0.1, 0.15) is 18.0 Å². The summed E-state index contributed by atoms with van der Waals surface area (Å²) in [6, 6.07) is 4.63. The molecule has 1 saturated heterocycles. The maximum Gasteiger partial charge on any atom is 0.324 e. The summed E-state index contributed by atoms with van der Waals surface area (Å²) in [6.07, 6.45) is 0.0176. The van der Waals surface area contributed by atoms with E-state index in [1.807, 2.05) is 0 Å². The van der Waals surface area contributed by atoms with Gasteiger partial charge in [-0.15, -0.1) is 0 Å². The minimum Gasteiger partial charge on any atom is -0.274 e. The van der Waals surface area contributed by atoms with E-state index in [2.05, 4.69) is 0 Å². The Kier molecular flexibility index (Phi) is 2.99. The minimum atomic E-state index is -4.12. The third-order valence-electron chi connectivity index (χ3n) is 2.62. The number of halogens is 1. The smallest absolute Gasteiger partial charge is 0.274 e. The monoisotopic (exact) mass is 290 g/mol. The van der Waals surface area contributed by atoms with Crippen LogP contribution in [0.15, 0.2) is 24.3 Å². The molecule has 1 aliphatic rings. The fraction of sp³-hybridized carbons (Fsp3) is 0.222. The molecule has 0 N–H and O–H groups in total. The number of rotatable bonds is 3. The van der Waals surface area contributed by atoms with Gasteiger partial charge in [-0.25, -0.2) is 4.31 Å². The number of hydrogen-bond donors (Lipinski definition) is 0. The van der Waals surface area contributed by atoms with E-state index in [9.17, 15) is 23.3 Å². The van der Waals surface area contributed by atoms with Crippen molar-refractivity contribution in [3.05, 3.63) is 39.9 Å². The zero-order chi connectivity index (χ0) is 13.5. The van der Waals surface area contributed by atoms with Crippen molar-refractivity contribution in [3.8, 4) is 0 Å². The first-order chi connectivity index (χ1) is 8.30. The number of nitro benzene ring substituents is 1. The van der Waals surface area contributed by atoms with Crippen LogP contribution in [-0.4, -0.2) is 23.6 Å². The number of benzene rings is 1. The topological polar surface area (TPSA) is 97.6 Å². The van der Waals surface area contributed by atoms with E-state index >= 15 is 0 Å². The highest BCUT2D eigenvalue weighted by molar-refractivity contribution is 8.12. The van der Waals surface area contributed by atoms with Gasteiger partial charge in [0.2, 0.25) is 5.91 Å². The Balaban J connectivity index is 2.28. The molecule has 9 heteroatoms. The number of carbonyl (C=O) groups excluding carboxylic acids is 1. The van der Waals surface area contributed by atoms with Gasteiger partial charge in [0.25, 0.3) is 5.69 Å². The van der Waals surface area contributed by atoms with Crippen molar-refractivity contribution in [2.24, 2.45) is 0 Å². The van der Waals surface area contributed by atoms with Gasteiger partial charge in [-0.1, -0.05) is 12.1 Å². The van der Waals surface area contributed by atoms with Gasteiger partial charge in [-0.05, 0) is 5.56 Å². The van der Waals surface area contributed by atoms with Crippen LogP contribution in [0.4, 0.5) is 5.69 Å². The van der Waals surface area contributed by atoms with Crippen molar-refractivity contribution in [2.75, 3.05) is 0 Å². The third kappa shape index (κ3) is 2.16. The molecule has 0 saturated carbocycles. The molecular weight excluding hydrogens is 284 g/mol. The maximum atomic E-state index is 11.2. The SMILES string of the molecule is O=C1C[C@H](c2ccc([N+](=O)[O-])cc2)N1S(=O)(=O)Cl. The van der Waals surface area contributed by atoms with Gasteiger partial charge < -0.3 is 0 Å². The summed E-state index contributed by atoms with van der Waals surface area (Å²) in [5, 5.41) is 10.5. The molecule has 1 fully saturated rings. The lowest BCUT2D eigenvalue weighted by Gasteiger charge is -2.37. The molecule has 0 radical (unpaired) electrons. The van der Waals surface area contributed by atoms with Crippen molar-refractivity contribution in [1.29, 1.82) is 0 Å². The van der Waals surface area contributed by atoms with Gasteiger partial charge in [-0.2, -0.15) is 8.42 Å². The summed E-state index contributed by atoms with van der Waals surface area (Å²) in [5.74, 6) is -0.589. The first-order valence-corrected chi connectivity index (χ1v) is 7.08. The van der Waals surface area contributed by atoms with Crippen LogP contribution in [0.2, 0.25) is 0 Å². The van der Waals surface area contributed by atoms with E-state index in [-0.39, 0.29) is 12.1 Å². The lowest BCUT2D eigenvalue weighted by atomic mass is 9.97. The van der Waals surface area contributed by atoms with Gasteiger partial charge in [0.05, 0.1) is 17.4 Å². The lowest BCUT2D eigenvalue weighted by molar-refractivity contribution is -0.384. The third-order valence-corrected chi connectivity index (χ3v) is 3.99. The fourth-order valence-corrected chi connectivity index (χ4v) is 3.08. The van der Waals surface area contributed by atoms with Crippen molar-refractivity contribution >= 4 is 31.5 Å². The lowest BCUT2D eigenvalue weighted by Crippen LogP contribution is -2.47. The highest BCUT2D eigenvalue weighted by Gasteiger charge is 2.44. The average molecular weight is 291 g/mol. The number of nitro groups is 1. The first kappa shape index (κ1) is 12.8. The first-order valence-electron chi connectivity index (χ1n) is 4.82. The Bertz CT molecular complexity index is 612. The highest BCUT2D eigenvalue weighted by atomic mass is 35.7. The Morgan fingerprint density at radius 3 is 2.28 bits per heavy atom. The van der Waals surface area contributed by atoms with E-state index in [1.54, 1.807) is 0 Å². The molecule has 0 unspecified atom stereocenters. The quantitative estimate of drug-likeness (QED) is 0.362. The Hall–Kier alpha value is -1.67. The van der Waals surface area contributed by atoms with Crippen LogP contribution in [0.5, 0.6) is 0 Å². The summed E-state index contributed by atoms with van der Waals surface area (Å²) in [7, 11) is 1.01. The van der Waals surface area contributed by atoms with E-state index < -0.39 is 26.1 Å². The highest BCUT2D eigenvalue weighted by Crippen LogP contribution is 2.38. The second-order valence-corrected chi connectivity index (χ2v) is 6.09. The van der Waals surface area contributed by atoms with E-state index in [1.165, 1.54) is 24.3 Å². The van der Waals surface area contributed by atoms with Crippen LogP contribution in [0, 0.1) is 10.1 Å². The van der Waals surface area contributed by atoms with E-state index in [0.29, 0.717) is 9.87 Å². The Labute approximate surface area is 107 Å². The van der Waals surface area contributed by atoms with Crippen molar-refractivity contribution < 1.29 is 18.1 Å². The van der Waals surface area contributed by atoms with Gasteiger partial charge in [0, 0.05) is 22.8 Å². The van der Waals surface area contributed by atoms with E-state index in [0.717, 1.165) is 0 Å². The summed E-state index contributed by atoms with van der Waals surface area (Å²) in [4.78, 5) is 21.1. The number of hydrogen-bond acceptors (Lipinski definition) is 5. The molecule has 7 nitrogen and oxygen atoms in total. The summed E-state index contributed by atoms with van der Waals surface area (Å²) >= 11 is 0. The zero-order valence-electron chi connectivity index (χ0n) is 8.82. The molecule has 0 bridgehead atoms. The maximum absolute atomic E-state index is 11.2. The van der Waals surface area contributed by atoms with Crippen LogP contribution in [-0.2, 0) is 14.0 Å². The van der Waals surface area contributed by atoms with Crippen molar-refractivity contribution in [3.63, 3.8) is 0 Å². The van der Waals surface area contributed by atoms with Crippen molar-refractivity contribution in [2.45, 2.75) is 12.5 Å². The van der Waals surface area contributed by atoms with Gasteiger partial charge in [-0.3, -0.25) is 14.9 Å². The molecule has 18 heavy (non-hydrogen) atoms. The number of carbonyl (C=O) groups is 1. The van der Waals surface area contributed by atoms with Crippen LogP contribution >= 0.6 is 10.7 Å². The van der Waals surface area contributed by atoms with Gasteiger partial charge in [0.15, 0.2) is 0 Å². The van der Waals surface area contributed by atoms with E-state index in [4.69, 9.17) is 10.7 Å². The Morgan fingerprint density at radius 2 is 1.89 bits per heavy atom. The molecular formula is C9H7ClN2O5S. The average Bonchev–Trinajstić information content (AvgIpc) is 2.23. The molecule has 0 spiro atoms. The van der Waals surface area contributed by atoms with Gasteiger partial charge >= 0.3 is 9.24 Å². The number of nitrogens with zero attached hydrogens (tertiary/aromatic N) is 2. The largest absolute Gasteiger partial charge is 0.324 e. The molecule has 1 amide bonds. The molecule has 0 aromatic heterocycles. The summed E-state index contributed by atoms with van der Waals surface area (Å²) < 4.78 is 22.9. The summed E-state index contributed by atoms with van der Waals surface area (Å²) in [5.41, 5.74) is 0.383. The normalized spacial score (nSPS) is 19.5. The number of β-lactam (4-membered cyclic amide) rings is 1. The Morgan fingerprint density at radius 1 is 1.33 bits per heavy atom. The summed E-state index contributed by atoms with van der Waals surface area (Å²) in [6.45, 7) is 0. The molecule has 1 aromatic rings. The minimum absolute atomic E-state index is 0.0176. The van der Waals surface area contributed by atoms with Crippen LogP contribution < -0.4 is 0 Å². The predicted molar refractivity (Wildman–Crippen MR) is 62.1 cm³/mol. The second-order valence-electron chi connectivity index (χ2n) is 3.70. The molecule has 1 atom stereocenters. The van der Waals surface area contributed by atoms with Crippen LogP contribution in [0.25, 0.3) is 0 Å². The number of amides is 1. The van der Waals surface area contributed by atoms with Gasteiger partial charge in [0.1, 0.15) is 0 Å². The second kappa shape index (κ2) is 4.21. The van der Waals surface area contributed by atoms with Crippen LogP contribution in [0.3, 0.4) is 0 Å². The molecule has 1 aliphatic heterocycles. The molecule has 2 rings (SSSR count). The zero-order valence-corrected chi connectivity index (χ0v) is 10.4. The standard InChI is InChI=1S/C9H7ClN2O5S/c10-18(16,17)11-8(5-9(11)13)6-1-3-7(4-2-6)12(14)15/h1-4,8H,5H2/t8-/m1/s1. The molecule has 0 aliphatic carbocycles. The molecule has 96 valence electrons.